The summed E-state index contributed by atoms with van der Waals surface area (Å²) in [6.45, 7) is 1.93. The topological polar surface area (TPSA) is 48.5 Å². The fraction of sp³-hybridized carbons (Fsp3) is 0.375. The number of alkyl halides is 1. The first-order valence-corrected chi connectivity index (χ1v) is 4.71. The number of halogens is 1. The van der Waals surface area contributed by atoms with Crippen molar-refractivity contribution in [2.45, 2.75) is 12.8 Å². The van der Waals surface area contributed by atoms with Crippen molar-refractivity contribution in [3.63, 3.8) is 0 Å². The van der Waals surface area contributed by atoms with Crippen LogP contribution >= 0.6 is 11.6 Å². The highest BCUT2D eigenvalue weighted by Gasteiger charge is 2.13. The summed E-state index contributed by atoms with van der Waals surface area (Å²) in [5, 5.41) is 8.34. The van der Waals surface area contributed by atoms with E-state index in [9.17, 15) is 0 Å². The monoisotopic (exact) mass is 211 g/mol. The van der Waals surface area contributed by atoms with E-state index in [1.165, 1.54) is 6.33 Å². The van der Waals surface area contributed by atoms with Crippen LogP contribution in [0.3, 0.4) is 0 Å². The van der Waals surface area contributed by atoms with Gasteiger partial charge in [-0.25, -0.2) is 9.67 Å². The molecule has 0 amide bonds. The van der Waals surface area contributed by atoms with E-state index in [2.05, 4.69) is 15.2 Å². The molecule has 2 aromatic rings. The zero-order chi connectivity index (χ0) is 10.1. The van der Waals surface area contributed by atoms with Crippen molar-refractivity contribution < 1.29 is 0 Å². The van der Waals surface area contributed by atoms with E-state index in [-0.39, 0.29) is 0 Å². The normalized spacial score (nSPS) is 10.8. The summed E-state index contributed by atoms with van der Waals surface area (Å²) in [6, 6.07) is 0. The van der Waals surface area contributed by atoms with Gasteiger partial charge in [-0.15, -0.1) is 11.6 Å². The van der Waals surface area contributed by atoms with Crippen molar-refractivity contribution >= 4 is 11.6 Å². The van der Waals surface area contributed by atoms with Gasteiger partial charge >= 0.3 is 0 Å². The number of nitrogens with zero attached hydrogens (tertiary/aromatic N) is 5. The highest BCUT2D eigenvalue weighted by Crippen LogP contribution is 2.18. The van der Waals surface area contributed by atoms with Gasteiger partial charge in [-0.1, -0.05) is 0 Å². The average Bonchev–Trinajstić information content (AvgIpc) is 2.72. The lowest BCUT2D eigenvalue weighted by molar-refractivity contribution is 0.691. The Hall–Kier alpha value is -1.36. The minimum atomic E-state index is 0.425. The molecular formula is C8H10ClN5. The standard InChI is InChI=1S/C8H10ClN5/c1-6-7(3-9)8(13(2)12-6)14-5-10-4-11-14/h4-5H,3H2,1-2H3. The summed E-state index contributed by atoms with van der Waals surface area (Å²) < 4.78 is 3.42. The van der Waals surface area contributed by atoms with Gasteiger partial charge in [0.25, 0.3) is 0 Å². The summed E-state index contributed by atoms with van der Waals surface area (Å²) in [7, 11) is 1.86. The molecule has 0 aliphatic rings. The first kappa shape index (κ1) is 9.21. The van der Waals surface area contributed by atoms with E-state index < -0.39 is 0 Å². The Kier molecular flexibility index (Phi) is 2.25. The summed E-state index contributed by atoms with van der Waals surface area (Å²) >= 11 is 5.85. The maximum Gasteiger partial charge on any atom is 0.158 e. The van der Waals surface area contributed by atoms with Crippen LogP contribution in [0.5, 0.6) is 0 Å². The van der Waals surface area contributed by atoms with Crippen LogP contribution < -0.4 is 0 Å². The maximum atomic E-state index is 5.85. The van der Waals surface area contributed by atoms with Crippen LogP contribution in [0.2, 0.25) is 0 Å². The second kappa shape index (κ2) is 3.42. The first-order chi connectivity index (χ1) is 6.74. The van der Waals surface area contributed by atoms with Crippen LogP contribution in [0.25, 0.3) is 5.82 Å². The summed E-state index contributed by atoms with van der Waals surface area (Å²) in [6.07, 6.45) is 3.12. The number of hydrogen-bond acceptors (Lipinski definition) is 3. The smallest absolute Gasteiger partial charge is 0.158 e. The van der Waals surface area contributed by atoms with E-state index in [0.717, 1.165) is 17.1 Å². The van der Waals surface area contributed by atoms with E-state index in [1.807, 2.05) is 14.0 Å². The van der Waals surface area contributed by atoms with Crippen molar-refractivity contribution in [3.8, 4) is 5.82 Å². The van der Waals surface area contributed by atoms with Crippen molar-refractivity contribution in [1.29, 1.82) is 0 Å². The molecule has 0 spiro atoms. The summed E-state index contributed by atoms with van der Waals surface area (Å²) in [5.41, 5.74) is 1.91. The Morgan fingerprint density at radius 1 is 1.50 bits per heavy atom. The molecular weight excluding hydrogens is 202 g/mol. The molecule has 0 saturated heterocycles. The molecule has 0 unspecified atom stereocenters. The first-order valence-electron chi connectivity index (χ1n) is 4.17. The van der Waals surface area contributed by atoms with Gasteiger partial charge in [-0.2, -0.15) is 10.2 Å². The summed E-state index contributed by atoms with van der Waals surface area (Å²) in [5.74, 6) is 1.30. The Balaban J connectivity index is 2.62. The zero-order valence-corrected chi connectivity index (χ0v) is 8.73. The number of aryl methyl sites for hydroxylation is 2. The van der Waals surface area contributed by atoms with Crippen LogP contribution in [0.4, 0.5) is 0 Å². The molecule has 0 aliphatic carbocycles. The Labute approximate surface area is 86.3 Å². The largest absolute Gasteiger partial charge is 0.250 e. The van der Waals surface area contributed by atoms with Crippen LogP contribution in [0.1, 0.15) is 11.3 Å². The fourth-order valence-corrected chi connectivity index (χ4v) is 1.76. The van der Waals surface area contributed by atoms with Crippen molar-refractivity contribution in [1.82, 2.24) is 24.5 Å². The molecule has 0 bridgehead atoms. The molecule has 0 aromatic carbocycles. The second-order valence-corrected chi connectivity index (χ2v) is 3.25. The molecule has 14 heavy (non-hydrogen) atoms. The molecule has 6 heteroatoms. The van der Waals surface area contributed by atoms with Crippen LogP contribution in [-0.2, 0) is 12.9 Å². The molecule has 2 aromatic heterocycles. The van der Waals surface area contributed by atoms with Crippen molar-refractivity contribution in [3.05, 3.63) is 23.9 Å². The van der Waals surface area contributed by atoms with Gasteiger partial charge in [0.2, 0.25) is 0 Å². The fourth-order valence-electron chi connectivity index (χ4n) is 1.45. The van der Waals surface area contributed by atoms with E-state index in [1.54, 1.807) is 15.7 Å². The molecule has 2 rings (SSSR count). The number of hydrogen-bond donors (Lipinski definition) is 0. The van der Waals surface area contributed by atoms with E-state index >= 15 is 0 Å². The average molecular weight is 212 g/mol. The minimum absolute atomic E-state index is 0.425. The van der Waals surface area contributed by atoms with Crippen LogP contribution in [0, 0.1) is 6.92 Å². The zero-order valence-electron chi connectivity index (χ0n) is 7.98. The Bertz CT molecular complexity index is 431. The molecule has 0 N–H and O–H groups in total. The van der Waals surface area contributed by atoms with Gasteiger partial charge in [-0.05, 0) is 6.92 Å². The second-order valence-electron chi connectivity index (χ2n) is 2.98. The molecule has 0 atom stereocenters. The van der Waals surface area contributed by atoms with Gasteiger partial charge in [0.05, 0.1) is 11.6 Å². The van der Waals surface area contributed by atoms with Gasteiger partial charge in [0.15, 0.2) is 5.82 Å². The molecule has 5 nitrogen and oxygen atoms in total. The van der Waals surface area contributed by atoms with Crippen molar-refractivity contribution in [2.24, 2.45) is 7.05 Å². The summed E-state index contributed by atoms with van der Waals surface area (Å²) in [4.78, 5) is 3.89. The lowest BCUT2D eigenvalue weighted by atomic mass is 10.3. The van der Waals surface area contributed by atoms with Gasteiger partial charge in [0.1, 0.15) is 12.7 Å². The van der Waals surface area contributed by atoms with Crippen LogP contribution in [0.15, 0.2) is 12.7 Å². The van der Waals surface area contributed by atoms with Gasteiger partial charge < -0.3 is 0 Å². The maximum absolute atomic E-state index is 5.85. The van der Waals surface area contributed by atoms with E-state index in [0.29, 0.717) is 5.88 Å². The SMILES string of the molecule is Cc1nn(C)c(-n2cncn2)c1CCl. The third-order valence-electron chi connectivity index (χ3n) is 2.08. The molecule has 0 aliphatic heterocycles. The Morgan fingerprint density at radius 2 is 2.29 bits per heavy atom. The van der Waals surface area contributed by atoms with Crippen LogP contribution in [-0.4, -0.2) is 24.5 Å². The molecule has 74 valence electrons. The highest BCUT2D eigenvalue weighted by atomic mass is 35.5. The van der Waals surface area contributed by atoms with Gasteiger partial charge in [-0.3, -0.25) is 4.68 Å². The molecule has 0 saturated carbocycles. The molecule has 0 fully saturated rings. The number of rotatable bonds is 2. The Morgan fingerprint density at radius 3 is 2.86 bits per heavy atom. The third kappa shape index (κ3) is 1.29. The lowest BCUT2D eigenvalue weighted by Gasteiger charge is -2.02. The predicted molar refractivity (Wildman–Crippen MR) is 52.4 cm³/mol. The third-order valence-corrected chi connectivity index (χ3v) is 2.35. The number of aromatic nitrogens is 5. The van der Waals surface area contributed by atoms with E-state index in [4.69, 9.17) is 11.6 Å². The predicted octanol–water partition coefficient (Wildman–Crippen LogP) is 1.05. The minimum Gasteiger partial charge on any atom is -0.250 e. The quantitative estimate of drug-likeness (QED) is 0.698. The molecule has 0 radical (unpaired) electrons. The lowest BCUT2D eigenvalue weighted by Crippen LogP contribution is -2.05. The molecule has 2 heterocycles. The van der Waals surface area contributed by atoms with Crippen molar-refractivity contribution in [2.75, 3.05) is 0 Å². The highest BCUT2D eigenvalue weighted by molar-refractivity contribution is 6.17. The van der Waals surface area contributed by atoms with Gasteiger partial charge in [0, 0.05) is 12.6 Å².